The summed E-state index contributed by atoms with van der Waals surface area (Å²) < 4.78 is 19.5. The number of rotatable bonds is 11. The molecule has 3 aromatic rings. The van der Waals surface area contributed by atoms with Gasteiger partial charge in [-0.1, -0.05) is 109 Å². The molecular formula is C41H56NO4Si. The summed E-state index contributed by atoms with van der Waals surface area (Å²) in [5.74, 6) is 1.88. The monoisotopic (exact) mass is 654 g/mol. The third-order valence-corrected chi connectivity index (χ3v) is 10.6. The van der Waals surface area contributed by atoms with Crippen LogP contribution in [0, 0.1) is 11.3 Å². The van der Waals surface area contributed by atoms with E-state index in [1.807, 2.05) is 36.4 Å². The highest BCUT2D eigenvalue weighted by Crippen LogP contribution is 2.46. The number of carbonyl (C=O) groups is 1. The second-order valence-electron chi connectivity index (χ2n) is 15.9. The van der Waals surface area contributed by atoms with E-state index in [4.69, 9.17) is 13.9 Å². The van der Waals surface area contributed by atoms with Gasteiger partial charge in [-0.3, -0.25) is 4.79 Å². The van der Waals surface area contributed by atoms with Crippen LogP contribution in [0.4, 0.5) is 5.69 Å². The molecule has 5 nitrogen and oxygen atoms in total. The highest BCUT2D eigenvalue weighted by molar-refractivity contribution is 6.48. The minimum Gasteiger partial charge on any atom is -0.457 e. The summed E-state index contributed by atoms with van der Waals surface area (Å²) >= 11 is 0. The van der Waals surface area contributed by atoms with Crippen molar-refractivity contribution in [2.45, 2.75) is 123 Å². The Hall–Kier alpha value is -2.93. The first-order valence-corrected chi connectivity index (χ1v) is 20.1. The number of carbonyl (C=O) groups excluding carboxylic acids is 1. The third kappa shape index (κ3) is 9.16. The minimum atomic E-state index is -0.994. The first kappa shape index (κ1) is 35.4. The fourth-order valence-corrected chi connectivity index (χ4v) is 7.89. The first-order valence-electron chi connectivity index (χ1n) is 17.7. The lowest BCUT2D eigenvalue weighted by molar-refractivity contribution is -0.116. The van der Waals surface area contributed by atoms with Gasteiger partial charge in [-0.05, 0) is 78.4 Å². The summed E-state index contributed by atoms with van der Waals surface area (Å²) in [6.07, 6.45) is 7.75. The van der Waals surface area contributed by atoms with Gasteiger partial charge in [0.1, 0.15) is 11.5 Å². The molecule has 1 N–H and O–H groups in total. The molecule has 47 heavy (non-hydrogen) atoms. The van der Waals surface area contributed by atoms with E-state index in [2.05, 4.69) is 90.3 Å². The number of hydrogen-bond acceptors (Lipinski definition) is 4. The SMILES string of the molecule is C[Si](C)OC(CC(COC1CCCCC1)C(C)(C)C)c1ccc(C(C)(C)C)c(NC(=O)CC2c3ccccc3Oc3ccccc32)c1. The van der Waals surface area contributed by atoms with Crippen LogP contribution in [0.25, 0.3) is 0 Å². The normalized spacial score (nSPS) is 17.0. The Morgan fingerprint density at radius 1 is 0.894 bits per heavy atom. The number of amides is 1. The number of hydrogen-bond donors (Lipinski definition) is 1. The van der Waals surface area contributed by atoms with Crippen molar-refractivity contribution < 1.29 is 18.7 Å². The van der Waals surface area contributed by atoms with Gasteiger partial charge in [0.2, 0.25) is 14.9 Å². The Balaban J connectivity index is 1.41. The molecule has 1 saturated carbocycles. The van der Waals surface area contributed by atoms with Gasteiger partial charge >= 0.3 is 0 Å². The van der Waals surface area contributed by atoms with Crippen molar-refractivity contribution in [3.8, 4) is 11.5 Å². The van der Waals surface area contributed by atoms with E-state index >= 15 is 0 Å². The molecule has 1 heterocycles. The molecule has 3 aromatic carbocycles. The van der Waals surface area contributed by atoms with Crippen LogP contribution in [0.15, 0.2) is 66.7 Å². The number of nitrogens with one attached hydrogen (secondary N) is 1. The van der Waals surface area contributed by atoms with Crippen molar-refractivity contribution in [2.75, 3.05) is 11.9 Å². The van der Waals surface area contributed by atoms with Crippen LogP contribution in [-0.2, 0) is 19.4 Å². The van der Waals surface area contributed by atoms with E-state index < -0.39 is 9.04 Å². The predicted molar refractivity (Wildman–Crippen MR) is 195 cm³/mol. The molecule has 0 saturated heterocycles. The van der Waals surface area contributed by atoms with E-state index in [1.165, 1.54) is 32.1 Å². The summed E-state index contributed by atoms with van der Waals surface area (Å²) in [5.41, 5.74) is 5.12. The zero-order chi connectivity index (χ0) is 33.8. The number of fused-ring (bicyclic) bond motifs is 2. The second kappa shape index (κ2) is 15.1. The number of benzene rings is 3. The van der Waals surface area contributed by atoms with Crippen LogP contribution in [0.2, 0.25) is 13.1 Å². The van der Waals surface area contributed by atoms with Gasteiger partial charge in [-0.25, -0.2) is 0 Å². The summed E-state index contributed by atoms with van der Waals surface area (Å²) in [5, 5.41) is 3.37. The van der Waals surface area contributed by atoms with Crippen LogP contribution in [-0.4, -0.2) is 27.7 Å². The maximum Gasteiger partial charge on any atom is 0.225 e. The van der Waals surface area contributed by atoms with Gasteiger partial charge in [0.15, 0.2) is 0 Å². The van der Waals surface area contributed by atoms with Gasteiger partial charge in [-0.2, -0.15) is 0 Å². The Labute approximate surface area is 285 Å². The molecule has 1 aliphatic heterocycles. The van der Waals surface area contributed by atoms with Crippen LogP contribution in [0.5, 0.6) is 11.5 Å². The van der Waals surface area contributed by atoms with Gasteiger partial charge < -0.3 is 19.2 Å². The minimum absolute atomic E-state index is 0.00851. The molecule has 5 rings (SSSR count). The number of ether oxygens (including phenoxy) is 2. The Kier molecular flexibility index (Phi) is 11.4. The van der Waals surface area contributed by atoms with Crippen LogP contribution in [0.3, 0.4) is 0 Å². The third-order valence-electron chi connectivity index (χ3n) is 9.88. The molecule has 6 heteroatoms. The highest BCUT2D eigenvalue weighted by atomic mass is 28.3. The van der Waals surface area contributed by atoms with Gasteiger partial charge in [-0.15, -0.1) is 0 Å². The van der Waals surface area contributed by atoms with E-state index in [0.717, 1.165) is 52.5 Å². The second-order valence-corrected chi connectivity index (χ2v) is 18.0. The van der Waals surface area contributed by atoms with Crippen molar-refractivity contribution >= 4 is 20.6 Å². The van der Waals surface area contributed by atoms with Crippen molar-refractivity contribution in [1.29, 1.82) is 0 Å². The van der Waals surface area contributed by atoms with Crippen LogP contribution >= 0.6 is 0 Å². The molecule has 1 radical (unpaired) electrons. The quantitative estimate of drug-likeness (QED) is 0.209. The highest BCUT2D eigenvalue weighted by Gasteiger charge is 2.33. The molecule has 253 valence electrons. The van der Waals surface area contributed by atoms with Crippen LogP contribution < -0.4 is 10.1 Å². The van der Waals surface area contributed by atoms with Crippen LogP contribution in [0.1, 0.15) is 121 Å². The van der Waals surface area contributed by atoms with E-state index in [1.54, 1.807) is 0 Å². The molecule has 1 fully saturated rings. The number of anilines is 1. The van der Waals surface area contributed by atoms with Gasteiger partial charge in [0.25, 0.3) is 0 Å². The molecule has 1 amide bonds. The average molecular weight is 655 g/mol. The molecule has 2 unspecified atom stereocenters. The van der Waals surface area contributed by atoms with Gasteiger partial charge in [0, 0.05) is 29.2 Å². The predicted octanol–water partition coefficient (Wildman–Crippen LogP) is 11.0. The maximum absolute atomic E-state index is 14.0. The summed E-state index contributed by atoms with van der Waals surface area (Å²) in [6, 6.07) is 22.7. The standard InChI is InChI=1S/C41H56NO4Si/c1-40(2,3)29(27-44-30-16-10-9-11-17-30)25-38(46-47(7)8)28-22-23-34(41(4,5)6)35(24-28)42-39(43)26-33-31-18-12-14-20-36(31)45-37-21-15-13-19-32(33)37/h12-15,18-24,29-30,33,38H,9-11,16-17,25-27H2,1-8H3,(H,42,43). The molecule has 0 spiro atoms. The fourth-order valence-electron chi connectivity index (χ4n) is 7.09. The Morgan fingerprint density at radius 3 is 2.09 bits per heavy atom. The summed E-state index contributed by atoms with van der Waals surface area (Å²) in [6.45, 7) is 18.7. The average Bonchev–Trinajstić information content (AvgIpc) is 3.01. The van der Waals surface area contributed by atoms with E-state index in [9.17, 15) is 4.79 Å². The zero-order valence-electron chi connectivity index (χ0n) is 30.0. The number of para-hydroxylation sites is 2. The summed E-state index contributed by atoms with van der Waals surface area (Å²) in [4.78, 5) is 14.0. The first-order chi connectivity index (χ1) is 22.3. The molecule has 0 aromatic heterocycles. The summed E-state index contributed by atoms with van der Waals surface area (Å²) in [7, 11) is -0.994. The van der Waals surface area contributed by atoms with E-state index in [-0.39, 0.29) is 28.8 Å². The Bertz CT molecular complexity index is 1450. The van der Waals surface area contributed by atoms with Gasteiger partial charge in [0.05, 0.1) is 18.8 Å². The van der Waals surface area contributed by atoms with Crippen molar-refractivity contribution in [3.63, 3.8) is 0 Å². The molecule has 0 bridgehead atoms. The maximum atomic E-state index is 14.0. The van der Waals surface area contributed by atoms with E-state index in [0.29, 0.717) is 18.4 Å². The smallest absolute Gasteiger partial charge is 0.225 e. The molecule has 2 aliphatic rings. The Morgan fingerprint density at radius 2 is 1.51 bits per heavy atom. The zero-order valence-corrected chi connectivity index (χ0v) is 31.0. The molecular weight excluding hydrogens is 599 g/mol. The van der Waals surface area contributed by atoms with Crippen molar-refractivity contribution in [2.24, 2.45) is 11.3 Å². The lowest BCUT2D eigenvalue weighted by Crippen LogP contribution is -2.31. The largest absolute Gasteiger partial charge is 0.457 e. The van der Waals surface area contributed by atoms with Crippen molar-refractivity contribution in [3.05, 3.63) is 89.0 Å². The fraction of sp³-hybridized carbons (Fsp3) is 0.537. The molecule has 2 atom stereocenters. The molecule has 1 aliphatic carbocycles. The van der Waals surface area contributed by atoms with Crippen molar-refractivity contribution in [1.82, 2.24) is 0 Å². The topological polar surface area (TPSA) is 56.8 Å². The lowest BCUT2D eigenvalue weighted by atomic mass is 9.77. The lowest BCUT2D eigenvalue weighted by Gasteiger charge is -2.36.